The normalized spacial score (nSPS) is 27.7. The lowest BCUT2D eigenvalue weighted by Crippen LogP contribution is -2.48. The Morgan fingerprint density at radius 2 is 1.07 bits per heavy atom. The van der Waals surface area contributed by atoms with Gasteiger partial charge >= 0.3 is 12.2 Å². The van der Waals surface area contributed by atoms with E-state index in [0.717, 1.165) is 12.8 Å². The first-order valence-corrected chi connectivity index (χ1v) is 12.0. The average Bonchev–Trinajstić information content (AvgIpc) is 2.57. The predicted octanol–water partition coefficient (Wildman–Crippen LogP) is 3.50. The molecule has 10 heteroatoms. The Hall–Kier alpha value is -0.580. The lowest BCUT2D eigenvalue weighted by Gasteiger charge is -2.34. The molecule has 0 unspecified atom stereocenters. The van der Waals surface area contributed by atoms with E-state index in [2.05, 4.69) is 31.9 Å². The van der Waals surface area contributed by atoms with E-state index in [1.54, 1.807) is 9.80 Å². The van der Waals surface area contributed by atoms with Crippen molar-refractivity contribution < 1.29 is 29.3 Å². The largest absolute Gasteiger partial charge is 0.444 e. The lowest BCUT2D eigenvalue weighted by atomic mass is 10.1. The summed E-state index contributed by atoms with van der Waals surface area (Å²) < 4.78 is 10.4. The molecule has 0 aromatic rings. The second-order valence-electron chi connectivity index (χ2n) is 9.60. The number of piperidine rings is 2. The van der Waals surface area contributed by atoms with E-state index in [9.17, 15) is 19.8 Å². The van der Waals surface area contributed by atoms with Crippen molar-refractivity contribution >= 4 is 44.0 Å². The molecule has 0 radical (unpaired) electrons. The highest BCUT2D eigenvalue weighted by atomic mass is 79.9. The maximum Gasteiger partial charge on any atom is 0.410 e. The SMILES string of the molecule is CC(C)(C)OC(=O)N1CC[C@@H](Br)[C@H](O)C1.CC(C)(C)OC(=O)N1CC[C@H](Br)[C@@H](O)C1. The fraction of sp³-hybridized carbons (Fsp3) is 0.900. The number of aliphatic hydroxyl groups excluding tert-OH is 2. The Morgan fingerprint density at radius 1 is 0.767 bits per heavy atom. The van der Waals surface area contributed by atoms with Crippen molar-refractivity contribution in [2.75, 3.05) is 26.2 Å². The van der Waals surface area contributed by atoms with E-state index < -0.39 is 23.4 Å². The first-order chi connectivity index (χ1) is 13.6. The fourth-order valence-corrected chi connectivity index (χ4v) is 3.53. The van der Waals surface area contributed by atoms with Crippen LogP contribution in [0.4, 0.5) is 9.59 Å². The molecule has 176 valence electrons. The van der Waals surface area contributed by atoms with E-state index in [1.807, 2.05) is 41.5 Å². The number of β-amino-alcohol motifs (C(OH)–C–C–N with tert-alkyl or cyclic N) is 2. The summed E-state index contributed by atoms with van der Waals surface area (Å²) in [6.07, 6.45) is -0.208. The van der Waals surface area contributed by atoms with Gasteiger partial charge in [-0.25, -0.2) is 9.59 Å². The number of halogens is 2. The van der Waals surface area contributed by atoms with Crippen molar-refractivity contribution in [3.05, 3.63) is 0 Å². The van der Waals surface area contributed by atoms with E-state index in [0.29, 0.717) is 26.2 Å². The van der Waals surface area contributed by atoms with Crippen molar-refractivity contribution in [1.82, 2.24) is 9.80 Å². The van der Waals surface area contributed by atoms with Gasteiger partial charge in [0, 0.05) is 22.7 Å². The maximum absolute atomic E-state index is 11.6. The lowest BCUT2D eigenvalue weighted by molar-refractivity contribution is 0.00526. The average molecular weight is 560 g/mol. The molecule has 0 aromatic carbocycles. The van der Waals surface area contributed by atoms with Crippen LogP contribution in [0.2, 0.25) is 0 Å². The Morgan fingerprint density at radius 3 is 1.30 bits per heavy atom. The smallest absolute Gasteiger partial charge is 0.410 e. The number of hydrogen-bond donors (Lipinski definition) is 2. The van der Waals surface area contributed by atoms with Gasteiger partial charge in [-0.2, -0.15) is 0 Å². The first-order valence-electron chi connectivity index (χ1n) is 10.2. The number of nitrogens with zero attached hydrogens (tertiary/aromatic N) is 2. The van der Waals surface area contributed by atoms with Gasteiger partial charge in [0.25, 0.3) is 0 Å². The van der Waals surface area contributed by atoms with E-state index in [-0.39, 0.29) is 21.8 Å². The minimum atomic E-state index is -0.508. The first kappa shape index (κ1) is 27.5. The molecule has 4 atom stereocenters. The van der Waals surface area contributed by atoms with Gasteiger partial charge in [-0.05, 0) is 54.4 Å². The Balaban J connectivity index is 0.000000300. The fourth-order valence-electron chi connectivity index (χ4n) is 2.79. The summed E-state index contributed by atoms with van der Waals surface area (Å²) in [4.78, 5) is 26.5. The second kappa shape index (κ2) is 11.3. The van der Waals surface area contributed by atoms with Crippen LogP contribution in [-0.4, -0.2) is 91.4 Å². The minimum absolute atomic E-state index is 0.0798. The van der Waals surface area contributed by atoms with E-state index in [4.69, 9.17) is 9.47 Å². The summed E-state index contributed by atoms with van der Waals surface area (Å²) in [5, 5.41) is 19.2. The van der Waals surface area contributed by atoms with Crippen LogP contribution in [0.25, 0.3) is 0 Å². The molecule has 2 N–H and O–H groups in total. The third-order valence-corrected chi connectivity index (χ3v) is 6.44. The van der Waals surface area contributed by atoms with E-state index >= 15 is 0 Å². The molecule has 0 aliphatic carbocycles. The van der Waals surface area contributed by atoms with Crippen LogP contribution in [-0.2, 0) is 9.47 Å². The third-order valence-electron chi connectivity index (χ3n) is 4.30. The highest BCUT2D eigenvalue weighted by Gasteiger charge is 2.32. The third kappa shape index (κ3) is 10.2. The van der Waals surface area contributed by atoms with Crippen LogP contribution >= 0.6 is 31.9 Å². The highest BCUT2D eigenvalue weighted by molar-refractivity contribution is 9.09. The molecule has 2 fully saturated rings. The number of carbonyl (C=O) groups is 2. The van der Waals surface area contributed by atoms with Gasteiger partial charge in [0.05, 0.1) is 25.3 Å². The topological polar surface area (TPSA) is 99.5 Å². The van der Waals surface area contributed by atoms with Crippen molar-refractivity contribution in [2.24, 2.45) is 0 Å². The number of aliphatic hydroxyl groups is 2. The molecule has 0 aromatic heterocycles. The summed E-state index contributed by atoms with van der Waals surface area (Å²) in [6, 6.07) is 0. The van der Waals surface area contributed by atoms with Crippen LogP contribution in [0.3, 0.4) is 0 Å². The molecule has 0 saturated carbocycles. The molecule has 2 rings (SSSR count). The van der Waals surface area contributed by atoms with Gasteiger partial charge in [0.15, 0.2) is 0 Å². The summed E-state index contributed by atoms with van der Waals surface area (Å²) in [5.74, 6) is 0. The monoisotopic (exact) mass is 558 g/mol. The van der Waals surface area contributed by atoms with Crippen molar-refractivity contribution in [1.29, 1.82) is 0 Å². The van der Waals surface area contributed by atoms with Crippen LogP contribution in [0.1, 0.15) is 54.4 Å². The number of rotatable bonds is 0. The zero-order valence-corrected chi connectivity index (χ0v) is 21.9. The number of ether oxygens (including phenoxy) is 2. The molecule has 2 heterocycles. The van der Waals surface area contributed by atoms with Crippen LogP contribution in [0.5, 0.6) is 0 Å². The summed E-state index contributed by atoms with van der Waals surface area (Å²) in [6.45, 7) is 12.9. The summed E-state index contributed by atoms with van der Waals surface area (Å²) >= 11 is 6.73. The van der Waals surface area contributed by atoms with Crippen LogP contribution in [0.15, 0.2) is 0 Å². The predicted molar refractivity (Wildman–Crippen MR) is 122 cm³/mol. The molecular weight excluding hydrogens is 524 g/mol. The molecule has 8 nitrogen and oxygen atoms in total. The quantitative estimate of drug-likeness (QED) is 0.441. The van der Waals surface area contributed by atoms with Crippen molar-refractivity contribution in [3.8, 4) is 0 Å². The number of hydrogen-bond acceptors (Lipinski definition) is 6. The zero-order chi connectivity index (χ0) is 23.3. The second-order valence-corrected chi connectivity index (χ2v) is 11.9. The Kier molecular flexibility index (Phi) is 10.4. The van der Waals surface area contributed by atoms with Crippen molar-refractivity contribution in [2.45, 2.75) is 87.4 Å². The van der Waals surface area contributed by atoms with Gasteiger partial charge in [-0.3, -0.25) is 0 Å². The van der Waals surface area contributed by atoms with Crippen molar-refractivity contribution in [3.63, 3.8) is 0 Å². The molecule has 0 bridgehead atoms. The highest BCUT2D eigenvalue weighted by Crippen LogP contribution is 2.21. The molecular formula is C20H36Br2N2O6. The standard InChI is InChI=1S/2C10H18BrNO3/c2*1-10(2,3)15-9(14)12-5-4-7(11)8(13)6-12/h2*7-8,13H,4-6H2,1-3H3/t2*7-,8-/m10/s1. The van der Waals surface area contributed by atoms with Gasteiger partial charge in [0.2, 0.25) is 0 Å². The number of carbonyl (C=O) groups excluding carboxylic acids is 2. The van der Waals surface area contributed by atoms with E-state index in [1.165, 1.54) is 0 Å². The molecule has 2 aliphatic heterocycles. The molecule has 2 amide bonds. The van der Waals surface area contributed by atoms with Gasteiger partial charge in [0.1, 0.15) is 11.2 Å². The number of likely N-dealkylation sites (tertiary alicyclic amines) is 2. The van der Waals surface area contributed by atoms with Crippen LogP contribution < -0.4 is 0 Å². The van der Waals surface area contributed by atoms with Gasteiger partial charge in [-0.1, -0.05) is 31.9 Å². The Labute approximate surface area is 196 Å². The zero-order valence-electron chi connectivity index (χ0n) is 18.7. The maximum atomic E-state index is 11.6. The molecule has 2 saturated heterocycles. The minimum Gasteiger partial charge on any atom is -0.444 e. The molecule has 2 aliphatic rings. The van der Waals surface area contributed by atoms with Gasteiger partial charge < -0.3 is 29.5 Å². The summed E-state index contributed by atoms with van der Waals surface area (Å²) in [7, 11) is 0. The van der Waals surface area contributed by atoms with Gasteiger partial charge in [-0.15, -0.1) is 0 Å². The number of amides is 2. The Bertz CT molecular complexity index is 529. The number of alkyl halides is 2. The molecule has 0 spiro atoms. The summed E-state index contributed by atoms with van der Waals surface area (Å²) in [5.41, 5.74) is -0.958. The van der Waals surface area contributed by atoms with Crippen LogP contribution in [0, 0.1) is 0 Å². The molecule has 30 heavy (non-hydrogen) atoms.